The number of alkyl halides is 1. The number of hydrogen-bond acceptors (Lipinski definition) is 2. The van der Waals surface area contributed by atoms with Crippen LogP contribution in [0.15, 0.2) is 0 Å². The van der Waals surface area contributed by atoms with Crippen LogP contribution in [-0.4, -0.2) is 43.6 Å². The van der Waals surface area contributed by atoms with Crippen LogP contribution in [0.4, 0.5) is 0 Å². The lowest BCUT2D eigenvalue weighted by Crippen LogP contribution is -2.25. The molecule has 0 radical (unpaired) electrons. The van der Waals surface area contributed by atoms with Gasteiger partial charge < -0.3 is 9.64 Å². The van der Waals surface area contributed by atoms with E-state index in [1.165, 1.54) is 12.8 Å². The number of halogens is 1. The van der Waals surface area contributed by atoms with E-state index in [0.29, 0.717) is 0 Å². The standard InChI is InChI=1S/C11H24ClNO/c1-4-5-9-14-10-8-13(3)7-6-11(2)12/h11H,4-10H2,1-3H3. The van der Waals surface area contributed by atoms with Crippen molar-refractivity contribution in [2.24, 2.45) is 0 Å². The molecule has 0 bridgehead atoms. The molecule has 0 aromatic carbocycles. The van der Waals surface area contributed by atoms with Crippen molar-refractivity contribution in [3.8, 4) is 0 Å². The number of hydrogen-bond donors (Lipinski definition) is 0. The molecule has 0 spiro atoms. The van der Waals surface area contributed by atoms with Gasteiger partial charge in [-0.05, 0) is 33.4 Å². The Morgan fingerprint density at radius 3 is 2.57 bits per heavy atom. The van der Waals surface area contributed by atoms with Gasteiger partial charge in [-0.3, -0.25) is 0 Å². The minimum atomic E-state index is 0.276. The molecule has 0 heterocycles. The molecule has 2 nitrogen and oxygen atoms in total. The van der Waals surface area contributed by atoms with Crippen molar-refractivity contribution >= 4 is 11.6 Å². The largest absolute Gasteiger partial charge is 0.380 e. The molecule has 0 saturated carbocycles. The summed E-state index contributed by atoms with van der Waals surface area (Å²) in [6, 6.07) is 0. The molecule has 0 aromatic heterocycles. The van der Waals surface area contributed by atoms with Crippen LogP contribution in [-0.2, 0) is 4.74 Å². The zero-order chi connectivity index (χ0) is 10.8. The minimum absolute atomic E-state index is 0.276. The second-order valence-electron chi connectivity index (χ2n) is 3.84. The third kappa shape index (κ3) is 10.3. The molecule has 1 unspecified atom stereocenters. The smallest absolute Gasteiger partial charge is 0.0593 e. The van der Waals surface area contributed by atoms with Crippen LogP contribution < -0.4 is 0 Å². The van der Waals surface area contributed by atoms with E-state index in [9.17, 15) is 0 Å². The van der Waals surface area contributed by atoms with Crippen LogP contribution in [0.5, 0.6) is 0 Å². The normalized spacial score (nSPS) is 13.5. The third-order valence-corrected chi connectivity index (χ3v) is 2.39. The van der Waals surface area contributed by atoms with E-state index in [1.807, 2.05) is 6.92 Å². The van der Waals surface area contributed by atoms with Gasteiger partial charge in [-0.25, -0.2) is 0 Å². The number of unbranched alkanes of at least 4 members (excludes halogenated alkanes) is 1. The fourth-order valence-corrected chi connectivity index (χ4v) is 1.18. The Bertz CT molecular complexity index is 120. The van der Waals surface area contributed by atoms with Gasteiger partial charge in [0.25, 0.3) is 0 Å². The van der Waals surface area contributed by atoms with Gasteiger partial charge in [0.2, 0.25) is 0 Å². The third-order valence-electron chi connectivity index (χ3n) is 2.17. The van der Waals surface area contributed by atoms with Gasteiger partial charge in [0.1, 0.15) is 0 Å². The Morgan fingerprint density at radius 2 is 2.00 bits per heavy atom. The van der Waals surface area contributed by atoms with Gasteiger partial charge in [0.05, 0.1) is 6.61 Å². The molecule has 14 heavy (non-hydrogen) atoms. The molecule has 0 aliphatic heterocycles. The molecule has 86 valence electrons. The molecular formula is C11H24ClNO. The Hall–Kier alpha value is 0.210. The number of likely N-dealkylation sites (N-methyl/N-ethyl adjacent to an activating group) is 1. The summed E-state index contributed by atoms with van der Waals surface area (Å²) in [5.74, 6) is 0. The fourth-order valence-electron chi connectivity index (χ4n) is 1.08. The first-order valence-electron chi connectivity index (χ1n) is 5.57. The Labute approximate surface area is 93.6 Å². The lowest BCUT2D eigenvalue weighted by Gasteiger charge is -2.17. The van der Waals surface area contributed by atoms with Gasteiger partial charge in [-0.2, -0.15) is 0 Å². The van der Waals surface area contributed by atoms with Crippen LogP contribution in [0.2, 0.25) is 0 Å². The molecule has 0 fully saturated rings. The van der Waals surface area contributed by atoms with Crippen molar-refractivity contribution in [2.45, 2.75) is 38.5 Å². The van der Waals surface area contributed by atoms with E-state index in [0.717, 1.165) is 32.7 Å². The number of rotatable bonds is 9. The molecule has 0 aliphatic rings. The maximum Gasteiger partial charge on any atom is 0.0593 e. The van der Waals surface area contributed by atoms with Crippen molar-refractivity contribution in [2.75, 3.05) is 33.4 Å². The quantitative estimate of drug-likeness (QED) is 0.439. The first kappa shape index (κ1) is 14.2. The van der Waals surface area contributed by atoms with Gasteiger partial charge in [0.15, 0.2) is 0 Å². The summed E-state index contributed by atoms with van der Waals surface area (Å²) in [5, 5.41) is 0.276. The maximum absolute atomic E-state index is 5.87. The van der Waals surface area contributed by atoms with Crippen LogP contribution in [0.1, 0.15) is 33.1 Å². The Balaban J connectivity index is 3.14. The van der Waals surface area contributed by atoms with Crippen molar-refractivity contribution < 1.29 is 4.74 Å². The van der Waals surface area contributed by atoms with Gasteiger partial charge >= 0.3 is 0 Å². The summed E-state index contributed by atoms with van der Waals surface area (Å²) in [4.78, 5) is 2.27. The molecule has 0 amide bonds. The highest BCUT2D eigenvalue weighted by Gasteiger charge is 2.01. The second-order valence-corrected chi connectivity index (χ2v) is 4.58. The summed E-state index contributed by atoms with van der Waals surface area (Å²) < 4.78 is 5.48. The van der Waals surface area contributed by atoms with Crippen LogP contribution in [0.25, 0.3) is 0 Å². The monoisotopic (exact) mass is 221 g/mol. The van der Waals surface area contributed by atoms with E-state index in [1.54, 1.807) is 0 Å². The number of ether oxygens (including phenoxy) is 1. The molecular weight excluding hydrogens is 198 g/mol. The summed E-state index contributed by atoms with van der Waals surface area (Å²) in [7, 11) is 2.11. The summed E-state index contributed by atoms with van der Waals surface area (Å²) in [5.41, 5.74) is 0. The predicted molar refractivity (Wildman–Crippen MR) is 63.2 cm³/mol. The van der Waals surface area contributed by atoms with E-state index in [-0.39, 0.29) is 5.38 Å². The van der Waals surface area contributed by atoms with Gasteiger partial charge in [-0.15, -0.1) is 11.6 Å². The topological polar surface area (TPSA) is 12.5 Å². The molecule has 1 atom stereocenters. The molecule has 3 heteroatoms. The highest BCUT2D eigenvalue weighted by molar-refractivity contribution is 6.20. The molecule has 0 saturated heterocycles. The SMILES string of the molecule is CCCCOCCN(C)CCC(C)Cl. The Kier molecular flexibility index (Phi) is 9.90. The average Bonchev–Trinajstić information content (AvgIpc) is 2.14. The highest BCUT2D eigenvalue weighted by Crippen LogP contribution is 2.00. The predicted octanol–water partition coefficient (Wildman–Crippen LogP) is 2.75. The van der Waals surface area contributed by atoms with Gasteiger partial charge in [-0.1, -0.05) is 13.3 Å². The van der Waals surface area contributed by atoms with E-state index >= 15 is 0 Å². The zero-order valence-electron chi connectivity index (χ0n) is 9.76. The number of nitrogens with zero attached hydrogens (tertiary/aromatic N) is 1. The van der Waals surface area contributed by atoms with Crippen LogP contribution >= 0.6 is 11.6 Å². The second kappa shape index (κ2) is 9.75. The minimum Gasteiger partial charge on any atom is -0.380 e. The van der Waals surface area contributed by atoms with Crippen LogP contribution in [0, 0.1) is 0 Å². The lowest BCUT2D eigenvalue weighted by atomic mass is 10.3. The molecule has 0 aromatic rings. The van der Waals surface area contributed by atoms with Gasteiger partial charge in [0, 0.05) is 18.5 Å². The van der Waals surface area contributed by atoms with Crippen molar-refractivity contribution in [1.29, 1.82) is 0 Å². The van der Waals surface area contributed by atoms with Crippen molar-refractivity contribution in [3.05, 3.63) is 0 Å². The average molecular weight is 222 g/mol. The first-order chi connectivity index (χ1) is 6.66. The van der Waals surface area contributed by atoms with Crippen LogP contribution in [0.3, 0.4) is 0 Å². The summed E-state index contributed by atoms with van der Waals surface area (Å²) >= 11 is 5.87. The molecule has 0 aliphatic carbocycles. The van der Waals surface area contributed by atoms with E-state index in [4.69, 9.17) is 16.3 Å². The first-order valence-corrected chi connectivity index (χ1v) is 6.00. The highest BCUT2D eigenvalue weighted by atomic mass is 35.5. The lowest BCUT2D eigenvalue weighted by molar-refractivity contribution is 0.109. The van der Waals surface area contributed by atoms with Crippen molar-refractivity contribution in [1.82, 2.24) is 4.90 Å². The summed E-state index contributed by atoms with van der Waals surface area (Å²) in [6.07, 6.45) is 3.43. The van der Waals surface area contributed by atoms with E-state index in [2.05, 4.69) is 18.9 Å². The summed E-state index contributed by atoms with van der Waals surface area (Å²) in [6.45, 7) is 8.02. The maximum atomic E-state index is 5.87. The zero-order valence-corrected chi connectivity index (χ0v) is 10.5. The van der Waals surface area contributed by atoms with Crippen molar-refractivity contribution in [3.63, 3.8) is 0 Å². The van der Waals surface area contributed by atoms with E-state index < -0.39 is 0 Å². The Morgan fingerprint density at radius 1 is 1.29 bits per heavy atom. The molecule has 0 rings (SSSR count). The molecule has 0 N–H and O–H groups in total. The fraction of sp³-hybridized carbons (Fsp3) is 1.00.